The summed E-state index contributed by atoms with van der Waals surface area (Å²) in [5.74, 6) is -0.564. The van der Waals surface area contributed by atoms with Crippen molar-refractivity contribution in [3.63, 3.8) is 0 Å². The number of carbonyl (C=O) groups excluding carboxylic acids is 1. The van der Waals surface area contributed by atoms with Gasteiger partial charge in [-0.15, -0.1) is 0 Å². The summed E-state index contributed by atoms with van der Waals surface area (Å²) in [6.07, 6.45) is 0. The van der Waals surface area contributed by atoms with E-state index in [1.165, 1.54) is 0 Å². The molecule has 0 spiro atoms. The summed E-state index contributed by atoms with van der Waals surface area (Å²) in [5.41, 5.74) is 1.05. The van der Waals surface area contributed by atoms with E-state index in [-0.39, 0.29) is 6.54 Å². The first-order valence-electron chi connectivity index (χ1n) is 5.75. The van der Waals surface area contributed by atoms with Crippen LogP contribution in [0.25, 0.3) is 0 Å². The first-order chi connectivity index (χ1) is 7.97. The molecule has 0 heterocycles. The highest BCUT2D eigenvalue weighted by molar-refractivity contribution is 6.30. The predicted molar refractivity (Wildman–Crippen MR) is 65.7 cm³/mol. The van der Waals surface area contributed by atoms with Gasteiger partial charge in [-0.05, 0) is 12.1 Å². The second-order valence-corrected chi connectivity index (χ2v) is 5.14. The second-order valence-electron chi connectivity index (χ2n) is 4.70. The van der Waals surface area contributed by atoms with E-state index in [4.69, 9.17) is 11.6 Å². The minimum Gasteiger partial charge on any atom is -0.544 e. The Bertz CT molecular complexity index is 379. The lowest BCUT2D eigenvalue weighted by molar-refractivity contribution is -0.911. The van der Waals surface area contributed by atoms with Crippen molar-refractivity contribution >= 4 is 17.6 Å². The Balaban J connectivity index is 2.67. The number of nitrogens with one attached hydrogen (secondary N) is 1. The summed E-state index contributed by atoms with van der Waals surface area (Å²) in [6.45, 7) is 5.65. The average molecular weight is 256 g/mol. The van der Waals surface area contributed by atoms with Crippen molar-refractivity contribution in [3.8, 4) is 0 Å². The molecule has 1 N–H and O–H groups in total. The fourth-order valence-electron chi connectivity index (χ4n) is 1.92. The van der Waals surface area contributed by atoms with Crippen LogP contribution < -0.4 is 10.0 Å². The zero-order valence-electron chi connectivity index (χ0n) is 10.2. The van der Waals surface area contributed by atoms with Crippen LogP contribution in [0.15, 0.2) is 24.3 Å². The van der Waals surface area contributed by atoms with Gasteiger partial charge in [0.15, 0.2) is 0 Å². The summed E-state index contributed by atoms with van der Waals surface area (Å²) in [6, 6.07) is 7.52. The van der Waals surface area contributed by atoms with Gasteiger partial charge in [0.25, 0.3) is 0 Å². The molecule has 0 aliphatic heterocycles. The maximum absolute atomic E-state index is 10.7. The molecule has 0 bridgehead atoms. The van der Waals surface area contributed by atoms with Gasteiger partial charge in [0.2, 0.25) is 0 Å². The van der Waals surface area contributed by atoms with E-state index in [0.29, 0.717) is 17.5 Å². The lowest BCUT2D eigenvalue weighted by Crippen LogP contribution is -3.12. The van der Waals surface area contributed by atoms with Gasteiger partial charge in [0.05, 0.1) is 12.5 Å². The Labute approximate surface area is 107 Å². The molecular weight excluding hydrogens is 238 g/mol. The van der Waals surface area contributed by atoms with Crippen LogP contribution in [0.1, 0.15) is 19.4 Å². The normalized spacial score (nSPS) is 12.7. The first-order valence-corrected chi connectivity index (χ1v) is 6.13. The summed E-state index contributed by atoms with van der Waals surface area (Å²) < 4.78 is 0. The van der Waals surface area contributed by atoms with E-state index in [1.54, 1.807) is 0 Å². The smallest absolute Gasteiger partial charge is 0.118 e. The molecule has 0 aliphatic rings. The van der Waals surface area contributed by atoms with Gasteiger partial charge >= 0.3 is 0 Å². The minimum atomic E-state index is -1.01. The second kappa shape index (κ2) is 6.62. The first kappa shape index (κ1) is 14.0. The zero-order valence-corrected chi connectivity index (χ0v) is 11.0. The van der Waals surface area contributed by atoms with Gasteiger partial charge in [-0.2, -0.15) is 0 Å². The van der Waals surface area contributed by atoms with Crippen LogP contribution in [0.4, 0.5) is 0 Å². The number of benzene rings is 1. The highest BCUT2D eigenvalue weighted by Crippen LogP contribution is 2.09. The van der Waals surface area contributed by atoms with Crippen molar-refractivity contribution in [2.24, 2.45) is 5.92 Å². The Morgan fingerprint density at radius 1 is 1.47 bits per heavy atom. The van der Waals surface area contributed by atoms with E-state index in [1.807, 2.05) is 24.3 Å². The molecule has 1 atom stereocenters. The molecule has 0 saturated carbocycles. The monoisotopic (exact) mass is 255 g/mol. The van der Waals surface area contributed by atoms with Crippen LogP contribution >= 0.6 is 11.6 Å². The number of halogens is 1. The quantitative estimate of drug-likeness (QED) is 0.786. The van der Waals surface area contributed by atoms with E-state index in [2.05, 4.69) is 13.8 Å². The lowest BCUT2D eigenvalue weighted by Gasteiger charge is -2.21. The number of carboxylic acids is 1. The molecule has 0 aliphatic carbocycles. The minimum absolute atomic E-state index is 0.0324. The van der Waals surface area contributed by atoms with Gasteiger partial charge in [0, 0.05) is 16.5 Å². The highest BCUT2D eigenvalue weighted by atomic mass is 35.5. The fourth-order valence-corrected chi connectivity index (χ4v) is 2.14. The number of aliphatic carboxylic acids is 1. The predicted octanol–water partition coefficient (Wildman–Crippen LogP) is 0.131. The molecule has 1 aromatic rings. The van der Waals surface area contributed by atoms with E-state index in [0.717, 1.165) is 17.0 Å². The van der Waals surface area contributed by atoms with Gasteiger partial charge in [-0.3, -0.25) is 0 Å². The third-order valence-electron chi connectivity index (χ3n) is 2.43. The molecule has 0 fully saturated rings. The van der Waals surface area contributed by atoms with Crippen molar-refractivity contribution in [3.05, 3.63) is 34.9 Å². The maximum Gasteiger partial charge on any atom is 0.118 e. The van der Waals surface area contributed by atoms with Crippen molar-refractivity contribution < 1.29 is 14.8 Å². The summed E-state index contributed by atoms with van der Waals surface area (Å²) in [5, 5.41) is 11.4. The fraction of sp³-hybridized carbons (Fsp3) is 0.462. The molecule has 0 aromatic heterocycles. The Morgan fingerprint density at radius 3 is 2.71 bits per heavy atom. The number of hydrogen-bond acceptors (Lipinski definition) is 2. The zero-order chi connectivity index (χ0) is 12.8. The van der Waals surface area contributed by atoms with Gasteiger partial charge in [-0.1, -0.05) is 37.6 Å². The molecule has 1 rings (SSSR count). The van der Waals surface area contributed by atoms with Crippen molar-refractivity contribution in [2.45, 2.75) is 20.4 Å². The third kappa shape index (κ3) is 5.71. The largest absolute Gasteiger partial charge is 0.544 e. The summed E-state index contributed by atoms with van der Waals surface area (Å²) in [4.78, 5) is 11.7. The van der Waals surface area contributed by atoms with E-state index < -0.39 is 5.97 Å². The summed E-state index contributed by atoms with van der Waals surface area (Å²) >= 11 is 5.90. The lowest BCUT2D eigenvalue weighted by atomic mass is 10.1. The molecule has 0 saturated heterocycles. The number of quaternary nitrogens is 1. The van der Waals surface area contributed by atoms with Gasteiger partial charge in [0.1, 0.15) is 13.1 Å². The molecule has 1 unspecified atom stereocenters. The molecule has 1 aromatic carbocycles. The SMILES string of the molecule is CC(C)C[NH+](CC(=O)[O-])Cc1cccc(Cl)c1. The van der Waals surface area contributed by atoms with Crippen LogP contribution in [-0.4, -0.2) is 19.1 Å². The third-order valence-corrected chi connectivity index (χ3v) is 2.67. The Hall–Kier alpha value is -1.06. The van der Waals surface area contributed by atoms with Crippen molar-refractivity contribution in [1.29, 1.82) is 0 Å². The number of carboxylic acid groups (broad SMARTS) is 1. The van der Waals surface area contributed by atoms with Gasteiger partial charge < -0.3 is 14.8 Å². The molecule has 17 heavy (non-hydrogen) atoms. The molecular formula is C13H18ClNO2. The van der Waals surface area contributed by atoms with E-state index in [9.17, 15) is 9.90 Å². The Morgan fingerprint density at radius 2 is 2.18 bits per heavy atom. The molecule has 94 valence electrons. The maximum atomic E-state index is 10.7. The van der Waals surface area contributed by atoms with Crippen molar-refractivity contribution in [1.82, 2.24) is 0 Å². The molecule has 0 radical (unpaired) electrons. The standard InChI is InChI=1S/C13H18ClNO2/c1-10(2)7-15(9-13(16)17)8-11-4-3-5-12(14)6-11/h3-6,10H,7-9H2,1-2H3,(H,16,17). The molecule has 4 heteroatoms. The topological polar surface area (TPSA) is 44.6 Å². The number of hydrogen-bond donors (Lipinski definition) is 1. The number of carbonyl (C=O) groups is 1. The highest BCUT2D eigenvalue weighted by Gasteiger charge is 2.12. The van der Waals surface area contributed by atoms with Crippen LogP contribution in [0, 0.1) is 5.92 Å². The molecule has 3 nitrogen and oxygen atoms in total. The van der Waals surface area contributed by atoms with Crippen LogP contribution in [0.5, 0.6) is 0 Å². The average Bonchev–Trinajstić information content (AvgIpc) is 2.14. The summed E-state index contributed by atoms with van der Waals surface area (Å²) in [7, 11) is 0. The van der Waals surface area contributed by atoms with Crippen LogP contribution in [0.3, 0.4) is 0 Å². The van der Waals surface area contributed by atoms with Crippen LogP contribution in [-0.2, 0) is 11.3 Å². The van der Waals surface area contributed by atoms with Gasteiger partial charge in [-0.25, -0.2) is 0 Å². The number of rotatable bonds is 6. The van der Waals surface area contributed by atoms with Crippen molar-refractivity contribution in [2.75, 3.05) is 13.1 Å². The Kier molecular flexibility index (Phi) is 5.45. The van der Waals surface area contributed by atoms with Crippen LogP contribution in [0.2, 0.25) is 5.02 Å². The van der Waals surface area contributed by atoms with E-state index >= 15 is 0 Å². The molecule has 0 amide bonds.